The molecule has 1 rings (SSSR count). The Hall–Kier alpha value is -1.23. The second-order valence-electron chi connectivity index (χ2n) is 5.22. The predicted molar refractivity (Wildman–Crippen MR) is 77.9 cm³/mol. The number of anilines is 2. The monoisotopic (exact) mass is 253 g/mol. The minimum absolute atomic E-state index is 0.388. The van der Waals surface area contributed by atoms with E-state index in [9.17, 15) is 0 Å². The van der Waals surface area contributed by atoms with Crippen LogP contribution >= 0.6 is 0 Å². The molecular formula is C13H27N5. The van der Waals surface area contributed by atoms with Gasteiger partial charge in [-0.05, 0) is 40.4 Å². The molecule has 1 aromatic rings. The Morgan fingerprint density at radius 1 is 1.44 bits per heavy atom. The lowest BCUT2D eigenvalue weighted by Gasteiger charge is -2.18. The Morgan fingerprint density at radius 3 is 2.67 bits per heavy atom. The van der Waals surface area contributed by atoms with Crippen molar-refractivity contribution < 1.29 is 0 Å². The molecule has 0 fully saturated rings. The molecule has 0 aliphatic rings. The van der Waals surface area contributed by atoms with Crippen molar-refractivity contribution in [2.24, 2.45) is 7.05 Å². The Labute approximate surface area is 110 Å². The maximum absolute atomic E-state index is 6.14. The lowest BCUT2D eigenvalue weighted by molar-refractivity contribution is 0.390. The Bertz CT molecular complexity index is 370. The Balaban J connectivity index is 2.66. The van der Waals surface area contributed by atoms with E-state index >= 15 is 0 Å². The molecule has 104 valence electrons. The van der Waals surface area contributed by atoms with E-state index < -0.39 is 0 Å². The molecule has 0 bridgehead atoms. The molecule has 0 saturated carbocycles. The van der Waals surface area contributed by atoms with E-state index in [4.69, 9.17) is 5.73 Å². The minimum atomic E-state index is 0.388. The summed E-state index contributed by atoms with van der Waals surface area (Å²) in [4.78, 5) is 2.19. The smallest absolute Gasteiger partial charge is 0.147 e. The molecule has 0 aliphatic carbocycles. The average molecular weight is 253 g/mol. The summed E-state index contributed by atoms with van der Waals surface area (Å²) in [5, 5.41) is 7.93. The summed E-state index contributed by atoms with van der Waals surface area (Å²) in [6, 6.07) is 0.388. The molecule has 0 spiro atoms. The van der Waals surface area contributed by atoms with Gasteiger partial charge in [0.05, 0.1) is 11.4 Å². The number of hydrogen-bond donors (Lipinski definition) is 2. The van der Waals surface area contributed by atoms with Crippen LogP contribution in [0.2, 0.25) is 0 Å². The molecule has 1 heterocycles. The molecule has 0 aliphatic heterocycles. The molecule has 5 nitrogen and oxygen atoms in total. The molecule has 18 heavy (non-hydrogen) atoms. The molecule has 1 aromatic heterocycles. The summed E-state index contributed by atoms with van der Waals surface area (Å²) >= 11 is 0. The fourth-order valence-electron chi connectivity index (χ4n) is 1.95. The van der Waals surface area contributed by atoms with Crippen LogP contribution in [0, 0.1) is 0 Å². The van der Waals surface area contributed by atoms with Crippen LogP contribution in [0.1, 0.15) is 32.4 Å². The maximum Gasteiger partial charge on any atom is 0.147 e. The van der Waals surface area contributed by atoms with Gasteiger partial charge >= 0.3 is 0 Å². The van der Waals surface area contributed by atoms with Crippen molar-refractivity contribution in [1.82, 2.24) is 14.7 Å². The van der Waals surface area contributed by atoms with Gasteiger partial charge in [0.2, 0.25) is 0 Å². The lowest BCUT2D eigenvalue weighted by atomic mass is 10.2. The van der Waals surface area contributed by atoms with Crippen molar-refractivity contribution in [1.29, 1.82) is 0 Å². The van der Waals surface area contributed by atoms with E-state index in [2.05, 4.69) is 43.3 Å². The van der Waals surface area contributed by atoms with Crippen LogP contribution in [0.3, 0.4) is 0 Å². The zero-order valence-electron chi connectivity index (χ0n) is 12.3. The third-order valence-electron chi connectivity index (χ3n) is 3.04. The van der Waals surface area contributed by atoms with Gasteiger partial charge in [0.25, 0.3) is 0 Å². The molecular weight excluding hydrogens is 226 g/mol. The van der Waals surface area contributed by atoms with Crippen LogP contribution in [-0.4, -0.2) is 41.4 Å². The molecule has 1 unspecified atom stereocenters. The minimum Gasteiger partial charge on any atom is -0.394 e. The normalized spacial score (nSPS) is 13.0. The number of nitrogens with two attached hydrogens (primary N) is 1. The summed E-state index contributed by atoms with van der Waals surface area (Å²) in [5.74, 6) is 0.949. The summed E-state index contributed by atoms with van der Waals surface area (Å²) in [6.45, 7) is 5.38. The second kappa shape index (κ2) is 6.64. The van der Waals surface area contributed by atoms with Crippen molar-refractivity contribution in [2.75, 3.05) is 31.7 Å². The number of nitrogen functional groups attached to an aromatic ring is 1. The molecule has 1 atom stereocenters. The van der Waals surface area contributed by atoms with E-state index in [0.717, 1.165) is 43.0 Å². The van der Waals surface area contributed by atoms with Crippen molar-refractivity contribution in [3.05, 3.63) is 5.69 Å². The summed E-state index contributed by atoms with van der Waals surface area (Å²) in [5.41, 5.74) is 7.94. The van der Waals surface area contributed by atoms with Gasteiger partial charge < -0.3 is 16.0 Å². The number of hydrogen-bond acceptors (Lipinski definition) is 4. The SMILES string of the molecule is CCCc1nn(C)c(NC(C)CCN(C)C)c1N. The predicted octanol–water partition coefficient (Wildman–Crippen LogP) is 1.71. The van der Waals surface area contributed by atoms with E-state index in [0.29, 0.717) is 6.04 Å². The highest BCUT2D eigenvalue weighted by molar-refractivity contribution is 5.65. The lowest BCUT2D eigenvalue weighted by Crippen LogP contribution is -2.24. The maximum atomic E-state index is 6.14. The van der Waals surface area contributed by atoms with Gasteiger partial charge in [-0.2, -0.15) is 5.10 Å². The van der Waals surface area contributed by atoms with Crippen LogP contribution < -0.4 is 11.1 Å². The van der Waals surface area contributed by atoms with Gasteiger partial charge in [-0.3, -0.25) is 4.68 Å². The van der Waals surface area contributed by atoms with Crippen molar-refractivity contribution in [3.63, 3.8) is 0 Å². The average Bonchev–Trinajstić information content (AvgIpc) is 2.55. The second-order valence-corrected chi connectivity index (χ2v) is 5.22. The first kappa shape index (κ1) is 14.8. The highest BCUT2D eigenvalue weighted by Crippen LogP contribution is 2.24. The van der Waals surface area contributed by atoms with Crippen LogP contribution in [0.25, 0.3) is 0 Å². The summed E-state index contributed by atoms with van der Waals surface area (Å²) < 4.78 is 1.85. The first-order valence-corrected chi connectivity index (χ1v) is 6.68. The van der Waals surface area contributed by atoms with Crippen LogP contribution in [0.15, 0.2) is 0 Å². The van der Waals surface area contributed by atoms with E-state index in [1.165, 1.54) is 0 Å². The van der Waals surface area contributed by atoms with Gasteiger partial charge in [-0.1, -0.05) is 13.3 Å². The topological polar surface area (TPSA) is 59.1 Å². The number of aryl methyl sites for hydroxylation is 2. The zero-order chi connectivity index (χ0) is 13.7. The molecule has 5 heteroatoms. The molecule has 0 saturated heterocycles. The van der Waals surface area contributed by atoms with Crippen LogP contribution in [0.5, 0.6) is 0 Å². The first-order chi connectivity index (χ1) is 8.45. The largest absolute Gasteiger partial charge is 0.394 e. The quantitative estimate of drug-likeness (QED) is 0.776. The van der Waals surface area contributed by atoms with E-state index in [1.807, 2.05) is 11.7 Å². The third-order valence-corrected chi connectivity index (χ3v) is 3.04. The summed E-state index contributed by atoms with van der Waals surface area (Å²) in [6.07, 6.45) is 3.09. The molecule has 3 N–H and O–H groups in total. The van der Waals surface area contributed by atoms with Crippen LogP contribution in [-0.2, 0) is 13.5 Å². The van der Waals surface area contributed by atoms with Crippen molar-refractivity contribution in [2.45, 2.75) is 39.2 Å². The van der Waals surface area contributed by atoms with Crippen molar-refractivity contribution >= 4 is 11.5 Å². The number of aromatic nitrogens is 2. The number of nitrogens with one attached hydrogen (secondary N) is 1. The highest BCUT2D eigenvalue weighted by Gasteiger charge is 2.14. The molecule has 0 radical (unpaired) electrons. The van der Waals surface area contributed by atoms with E-state index in [1.54, 1.807) is 0 Å². The van der Waals surface area contributed by atoms with Gasteiger partial charge in [0, 0.05) is 13.1 Å². The Kier molecular flexibility index (Phi) is 5.47. The highest BCUT2D eigenvalue weighted by atomic mass is 15.3. The van der Waals surface area contributed by atoms with Gasteiger partial charge in [-0.15, -0.1) is 0 Å². The van der Waals surface area contributed by atoms with Crippen LogP contribution in [0.4, 0.5) is 11.5 Å². The molecule has 0 amide bonds. The fourth-order valence-corrected chi connectivity index (χ4v) is 1.95. The molecule has 0 aromatic carbocycles. The number of rotatable bonds is 7. The van der Waals surface area contributed by atoms with Gasteiger partial charge in [0.1, 0.15) is 5.82 Å². The van der Waals surface area contributed by atoms with Gasteiger partial charge in [0.15, 0.2) is 0 Å². The third kappa shape index (κ3) is 3.91. The first-order valence-electron chi connectivity index (χ1n) is 6.68. The number of nitrogens with zero attached hydrogens (tertiary/aromatic N) is 3. The standard InChI is InChI=1S/C13H27N5/c1-6-7-11-12(14)13(18(5)16-11)15-10(2)8-9-17(3)4/h10,15H,6-9,14H2,1-5H3. The zero-order valence-corrected chi connectivity index (χ0v) is 12.3. The summed E-state index contributed by atoms with van der Waals surface area (Å²) in [7, 11) is 6.12. The van der Waals surface area contributed by atoms with Gasteiger partial charge in [-0.25, -0.2) is 0 Å². The fraction of sp³-hybridized carbons (Fsp3) is 0.769. The van der Waals surface area contributed by atoms with Crippen molar-refractivity contribution in [3.8, 4) is 0 Å². The Morgan fingerprint density at radius 2 is 2.11 bits per heavy atom. The van der Waals surface area contributed by atoms with E-state index in [-0.39, 0.29) is 0 Å².